The lowest BCUT2D eigenvalue weighted by Crippen LogP contribution is -2.57. The average molecular weight is 430 g/mol. The van der Waals surface area contributed by atoms with Gasteiger partial charge in [-0.05, 0) is 19.3 Å². The van der Waals surface area contributed by atoms with Gasteiger partial charge in [0.2, 0.25) is 29.5 Å². The summed E-state index contributed by atoms with van der Waals surface area (Å²) in [5.74, 6) is -5.65. The van der Waals surface area contributed by atoms with Gasteiger partial charge in [-0.15, -0.1) is 0 Å². The predicted octanol–water partition coefficient (Wildman–Crippen LogP) is -3.33. The number of amides is 5. The lowest BCUT2D eigenvalue weighted by Gasteiger charge is -2.24. The number of nitrogens with two attached hydrogens (primary N) is 3. The Balaban J connectivity index is 5.17. The van der Waals surface area contributed by atoms with Crippen molar-refractivity contribution in [3.05, 3.63) is 0 Å². The molecule has 30 heavy (non-hydrogen) atoms. The third-order valence-corrected chi connectivity index (χ3v) is 4.05. The van der Waals surface area contributed by atoms with Crippen LogP contribution in [0.5, 0.6) is 0 Å². The van der Waals surface area contributed by atoms with Crippen molar-refractivity contribution in [3.8, 4) is 0 Å². The largest absolute Gasteiger partial charge is 0.480 e. The van der Waals surface area contributed by atoms with E-state index in [1.54, 1.807) is 13.8 Å². The molecule has 0 aromatic heterocycles. The smallest absolute Gasteiger partial charge is 0.326 e. The molecule has 5 amide bonds. The Kier molecular flexibility index (Phi) is 11.0. The highest BCUT2D eigenvalue weighted by Crippen LogP contribution is 2.05. The molecule has 0 aromatic carbocycles. The molecule has 10 N–H and O–H groups in total. The topological polar surface area (TPSA) is 237 Å². The van der Waals surface area contributed by atoms with Crippen molar-refractivity contribution >= 4 is 35.5 Å². The van der Waals surface area contributed by atoms with Gasteiger partial charge >= 0.3 is 5.97 Å². The van der Waals surface area contributed by atoms with E-state index >= 15 is 0 Å². The molecule has 4 unspecified atom stereocenters. The number of hydrogen-bond donors (Lipinski definition) is 7. The number of nitrogens with one attached hydrogen (secondary N) is 3. The second-order valence-electron chi connectivity index (χ2n) is 7.14. The van der Waals surface area contributed by atoms with E-state index in [2.05, 4.69) is 16.0 Å². The van der Waals surface area contributed by atoms with E-state index in [9.17, 15) is 33.9 Å². The van der Waals surface area contributed by atoms with Crippen LogP contribution in [0.1, 0.15) is 40.0 Å². The molecule has 0 heterocycles. The van der Waals surface area contributed by atoms with E-state index < -0.39 is 72.0 Å². The normalized spacial score (nSPS) is 14.7. The lowest BCUT2D eigenvalue weighted by molar-refractivity contribution is -0.143. The summed E-state index contributed by atoms with van der Waals surface area (Å²) in [4.78, 5) is 69.9. The average Bonchev–Trinajstić information content (AvgIpc) is 2.60. The van der Waals surface area contributed by atoms with Crippen molar-refractivity contribution in [2.75, 3.05) is 0 Å². The van der Waals surface area contributed by atoms with Gasteiger partial charge in [-0.25, -0.2) is 4.79 Å². The van der Waals surface area contributed by atoms with Crippen molar-refractivity contribution in [2.24, 2.45) is 23.1 Å². The standard InChI is InChI=1S/C17H30N6O7/c1-7(2)13(17(29)30)23-16(28)10(4-5-11(19)24)22-14(26)8(3)21-15(27)9(18)6-12(20)25/h7-10,13H,4-6,18H2,1-3H3,(H2,19,24)(H2,20,25)(H,21,27)(H,22,26)(H,23,28)(H,29,30). The Hall–Kier alpha value is -3.22. The molecular formula is C17H30N6O7. The van der Waals surface area contributed by atoms with Gasteiger partial charge < -0.3 is 38.3 Å². The molecule has 0 spiro atoms. The zero-order chi connectivity index (χ0) is 23.6. The lowest BCUT2D eigenvalue weighted by atomic mass is 10.0. The molecule has 170 valence electrons. The fourth-order valence-corrected chi connectivity index (χ4v) is 2.31. The van der Waals surface area contributed by atoms with Crippen LogP contribution in [0.3, 0.4) is 0 Å². The highest BCUT2D eigenvalue weighted by molar-refractivity contribution is 5.95. The first-order valence-corrected chi connectivity index (χ1v) is 9.22. The van der Waals surface area contributed by atoms with Crippen LogP contribution in [-0.4, -0.2) is 64.8 Å². The highest BCUT2D eigenvalue weighted by atomic mass is 16.4. The number of carboxylic acids is 1. The summed E-state index contributed by atoms with van der Waals surface area (Å²) < 4.78 is 0. The molecule has 13 nitrogen and oxygen atoms in total. The Bertz CT molecular complexity index is 682. The number of rotatable bonds is 13. The van der Waals surface area contributed by atoms with E-state index in [1.807, 2.05) is 0 Å². The molecular weight excluding hydrogens is 400 g/mol. The van der Waals surface area contributed by atoms with E-state index in [0.29, 0.717) is 0 Å². The molecule has 0 bridgehead atoms. The van der Waals surface area contributed by atoms with Crippen LogP contribution in [0.25, 0.3) is 0 Å². The van der Waals surface area contributed by atoms with Gasteiger partial charge in [-0.2, -0.15) is 0 Å². The molecule has 0 saturated carbocycles. The van der Waals surface area contributed by atoms with Gasteiger partial charge in [-0.1, -0.05) is 13.8 Å². The van der Waals surface area contributed by atoms with E-state index in [4.69, 9.17) is 17.2 Å². The first kappa shape index (κ1) is 26.8. The Morgan fingerprint density at radius 2 is 1.40 bits per heavy atom. The third-order valence-electron chi connectivity index (χ3n) is 4.05. The van der Waals surface area contributed by atoms with Crippen molar-refractivity contribution < 1.29 is 33.9 Å². The maximum absolute atomic E-state index is 12.5. The Labute approximate surface area is 173 Å². The van der Waals surface area contributed by atoms with Crippen LogP contribution >= 0.6 is 0 Å². The molecule has 0 aliphatic heterocycles. The second kappa shape index (κ2) is 12.4. The van der Waals surface area contributed by atoms with Crippen molar-refractivity contribution in [2.45, 2.75) is 64.2 Å². The maximum Gasteiger partial charge on any atom is 0.326 e. The van der Waals surface area contributed by atoms with E-state index in [-0.39, 0.29) is 12.8 Å². The monoisotopic (exact) mass is 430 g/mol. The minimum absolute atomic E-state index is 0.181. The quantitative estimate of drug-likeness (QED) is 0.155. The van der Waals surface area contributed by atoms with Gasteiger partial charge in [0, 0.05) is 6.42 Å². The number of carbonyl (C=O) groups excluding carboxylic acids is 5. The molecule has 0 rings (SSSR count). The summed E-state index contributed by atoms with van der Waals surface area (Å²) in [6, 6.07) is -4.90. The van der Waals surface area contributed by atoms with Crippen LogP contribution in [0.15, 0.2) is 0 Å². The molecule has 0 aliphatic carbocycles. The molecule has 4 atom stereocenters. The molecule has 0 saturated heterocycles. The van der Waals surface area contributed by atoms with Crippen LogP contribution in [-0.2, 0) is 28.8 Å². The molecule has 0 aromatic rings. The summed E-state index contributed by atoms with van der Waals surface area (Å²) in [5, 5.41) is 16.1. The number of carboxylic acid groups (broad SMARTS) is 1. The number of hydrogen-bond acceptors (Lipinski definition) is 7. The zero-order valence-electron chi connectivity index (χ0n) is 17.1. The predicted molar refractivity (Wildman–Crippen MR) is 104 cm³/mol. The SMILES string of the molecule is CC(NC(=O)C(N)CC(N)=O)C(=O)NC(CCC(N)=O)C(=O)NC(C(=O)O)C(C)C. The van der Waals surface area contributed by atoms with Crippen molar-refractivity contribution in [1.82, 2.24) is 16.0 Å². The summed E-state index contributed by atoms with van der Waals surface area (Å²) in [7, 11) is 0. The summed E-state index contributed by atoms with van der Waals surface area (Å²) in [6.07, 6.45) is -0.850. The van der Waals surface area contributed by atoms with Crippen LogP contribution in [0.4, 0.5) is 0 Å². The molecule has 0 fully saturated rings. The highest BCUT2D eigenvalue weighted by Gasteiger charge is 2.30. The van der Waals surface area contributed by atoms with Crippen molar-refractivity contribution in [1.29, 1.82) is 0 Å². The number of aliphatic carboxylic acids is 1. The molecule has 13 heteroatoms. The van der Waals surface area contributed by atoms with Gasteiger partial charge in [0.15, 0.2) is 0 Å². The Morgan fingerprint density at radius 1 is 0.833 bits per heavy atom. The first-order valence-electron chi connectivity index (χ1n) is 9.22. The maximum atomic E-state index is 12.5. The summed E-state index contributed by atoms with van der Waals surface area (Å²) in [6.45, 7) is 4.48. The minimum atomic E-state index is -1.27. The summed E-state index contributed by atoms with van der Waals surface area (Å²) in [5.41, 5.74) is 15.5. The van der Waals surface area contributed by atoms with E-state index in [0.717, 1.165) is 0 Å². The molecule has 0 radical (unpaired) electrons. The minimum Gasteiger partial charge on any atom is -0.480 e. The van der Waals surface area contributed by atoms with Crippen LogP contribution < -0.4 is 33.2 Å². The summed E-state index contributed by atoms with van der Waals surface area (Å²) >= 11 is 0. The van der Waals surface area contributed by atoms with Crippen LogP contribution in [0.2, 0.25) is 0 Å². The Morgan fingerprint density at radius 3 is 1.83 bits per heavy atom. The van der Waals surface area contributed by atoms with Gasteiger partial charge in [-0.3, -0.25) is 24.0 Å². The molecule has 0 aliphatic rings. The first-order chi connectivity index (χ1) is 13.8. The van der Waals surface area contributed by atoms with E-state index in [1.165, 1.54) is 6.92 Å². The fourth-order valence-electron chi connectivity index (χ4n) is 2.31. The van der Waals surface area contributed by atoms with Gasteiger partial charge in [0.25, 0.3) is 0 Å². The second-order valence-corrected chi connectivity index (χ2v) is 7.14. The fraction of sp³-hybridized carbons (Fsp3) is 0.647. The van der Waals surface area contributed by atoms with Gasteiger partial charge in [0.05, 0.1) is 12.5 Å². The van der Waals surface area contributed by atoms with Gasteiger partial charge in [0.1, 0.15) is 18.1 Å². The van der Waals surface area contributed by atoms with Crippen molar-refractivity contribution in [3.63, 3.8) is 0 Å². The zero-order valence-corrected chi connectivity index (χ0v) is 17.1. The van der Waals surface area contributed by atoms with Crippen LogP contribution in [0, 0.1) is 5.92 Å². The third kappa shape index (κ3) is 9.82. The number of carbonyl (C=O) groups is 6. The number of primary amides is 2.